The molecule has 1 fully saturated rings. The third-order valence-electron chi connectivity index (χ3n) is 5.82. The first-order valence-corrected chi connectivity index (χ1v) is 10.8. The zero-order valence-corrected chi connectivity index (χ0v) is 20.0. The van der Waals surface area contributed by atoms with Crippen LogP contribution in [-0.4, -0.2) is 43.8 Å². The SMILES string of the molecule is CC(=O)C(C)(C)CC(C)(C)SC1CC(=O)N(C(C)(C)CC(C)(C)C(C)=O)C1=O. The van der Waals surface area contributed by atoms with Crippen LogP contribution in [0.2, 0.25) is 0 Å². The van der Waals surface area contributed by atoms with Crippen molar-refractivity contribution in [3.05, 3.63) is 0 Å². The van der Waals surface area contributed by atoms with Gasteiger partial charge in [-0.25, -0.2) is 0 Å². The molecule has 1 atom stereocenters. The first-order chi connectivity index (χ1) is 12.3. The molecule has 0 radical (unpaired) electrons. The standard InChI is InChI=1S/C22H37NO4S/c1-14(24)19(3,4)12-21(7,8)23-17(26)11-16(18(23)27)28-22(9,10)13-20(5,6)15(2)25/h16H,11-13H2,1-10H3. The summed E-state index contributed by atoms with van der Waals surface area (Å²) in [7, 11) is 0. The van der Waals surface area contributed by atoms with Crippen LogP contribution in [0.3, 0.4) is 0 Å². The summed E-state index contributed by atoms with van der Waals surface area (Å²) in [4.78, 5) is 51.1. The molecule has 0 saturated carbocycles. The molecule has 1 unspecified atom stereocenters. The Morgan fingerprint density at radius 2 is 1.32 bits per heavy atom. The summed E-state index contributed by atoms with van der Waals surface area (Å²) in [5.41, 5.74) is -1.83. The maximum absolute atomic E-state index is 13.1. The van der Waals surface area contributed by atoms with E-state index in [-0.39, 0.29) is 34.5 Å². The first kappa shape index (κ1) is 24.9. The van der Waals surface area contributed by atoms with Gasteiger partial charge in [0.1, 0.15) is 11.6 Å². The Morgan fingerprint density at radius 1 is 0.893 bits per heavy atom. The number of thioether (sulfide) groups is 1. The van der Waals surface area contributed by atoms with Crippen LogP contribution in [0.5, 0.6) is 0 Å². The molecule has 1 aliphatic rings. The van der Waals surface area contributed by atoms with Gasteiger partial charge in [0, 0.05) is 27.5 Å². The molecule has 1 aliphatic heterocycles. The Bertz CT molecular complexity index is 676. The van der Waals surface area contributed by atoms with Crippen LogP contribution in [0.4, 0.5) is 0 Å². The Balaban J connectivity index is 2.99. The smallest absolute Gasteiger partial charge is 0.243 e. The maximum atomic E-state index is 13.1. The number of carbonyl (C=O) groups is 4. The van der Waals surface area contributed by atoms with Gasteiger partial charge in [-0.05, 0) is 40.5 Å². The molecule has 1 rings (SSSR count). The number of imide groups is 1. The summed E-state index contributed by atoms with van der Waals surface area (Å²) < 4.78 is -0.325. The number of rotatable bonds is 9. The van der Waals surface area contributed by atoms with Gasteiger partial charge in [-0.2, -0.15) is 0 Å². The highest BCUT2D eigenvalue weighted by Gasteiger charge is 2.50. The van der Waals surface area contributed by atoms with Crippen LogP contribution in [0, 0.1) is 10.8 Å². The summed E-state index contributed by atoms with van der Waals surface area (Å²) in [6, 6.07) is 0. The van der Waals surface area contributed by atoms with E-state index in [1.165, 1.54) is 16.7 Å². The summed E-state index contributed by atoms with van der Waals surface area (Å²) in [6.07, 6.45) is 1.21. The van der Waals surface area contributed by atoms with Gasteiger partial charge >= 0.3 is 0 Å². The molecule has 5 nitrogen and oxygen atoms in total. The van der Waals surface area contributed by atoms with Gasteiger partial charge in [0.05, 0.1) is 5.25 Å². The van der Waals surface area contributed by atoms with Crippen LogP contribution in [0.15, 0.2) is 0 Å². The number of nitrogens with zero attached hydrogens (tertiary/aromatic N) is 1. The van der Waals surface area contributed by atoms with Crippen LogP contribution in [0.1, 0.15) is 88.5 Å². The highest BCUT2D eigenvalue weighted by Crippen LogP contribution is 2.44. The molecule has 28 heavy (non-hydrogen) atoms. The number of hydrogen-bond acceptors (Lipinski definition) is 5. The van der Waals surface area contributed by atoms with Crippen molar-refractivity contribution in [1.29, 1.82) is 0 Å². The van der Waals surface area contributed by atoms with Gasteiger partial charge in [-0.1, -0.05) is 41.5 Å². The normalized spacial score (nSPS) is 19.4. The second kappa shape index (κ2) is 7.92. The van der Waals surface area contributed by atoms with Crippen LogP contribution in [-0.2, 0) is 19.2 Å². The highest BCUT2D eigenvalue weighted by atomic mass is 32.2. The lowest BCUT2D eigenvalue weighted by molar-refractivity contribution is -0.147. The van der Waals surface area contributed by atoms with E-state index in [9.17, 15) is 19.2 Å². The molecule has 0 aromatic carbocycles. The van der Waals surface area contributed by atoms with Gasteiger partial charge in [0.25, 0.3) is 0 Å². The summed E-state index contributed by atoms with van der Waals surface area (Å²) >= 11 is 1.48. The van der Waals surface area contributed by atoms with Crippen molar-refractivity contribution >= 4 is 35.1 Å². The van der Waals surface area contributed by atoms with Crippen molar-refractivity contribution < 1.29 is 19.2 Å². The van der Waals surface area contributed by atoms with E-state index in [0.29, 0.717) is 12.8 Å². The second-order valence-corrected chi connectivity index (χ2v) is 12.6. The monoisotopic (exact) mass is 411 g/mol. The van der Waals surface area contributed by atoms with E-state index in [0.717, 1.165) is 0 Å². The van der Waals surface area contributed by atoms with Gasteiger partial charge in [0.2, 0.25) is 11.8 Å². The van der Waals surface area contributed by atoms with E-state index in [4.69, 9.17) is 0 Å². The number of hydrogen-bond donors (Lipinski definition) is 0. The third kappa shape index (κ3) is 5.68. The van der Waals surface area contributed by atoms with Gasteiger partial charge in [-0.15, -0.1) is 11.8 Å². The first-order valence-electron chi connectivity index (χ1n) is 9.89. The molecule has 1 heterocycles. The van der Waals surface area contributed by atoms with Crippen molar-refractivity contribution in [3.8, 4) is 0 Å². The van der Waals surface area contributed by atoms with Crippen LogP contribution in [0.25, 0.3) is 0 Å². The van der Waals surface area contributed by atoms with Crippen molar-refractivity contribution in [1.82, 2.24) is 4.90 Å². The quantitative estimate of drug-likeness (QED) is 0.525. The Labute approximate surface area is 174 Å². The molecule has 0 bridgehead atoms. The number of Topliss-reactive ketones (excluding diaryl/α,β-unsaturated/α-hetero) is 2. The number of ketones is 2. The second-order valence-electron chi connectivity index (χ2n) is 10.7. The van der Waals surface area contributed by atoms with Crippen molar-refractivity contribution in [2.75, 3.05) is 0 Å². The molecule has 2 amide bonds. The van der Waals surface area contributed by atoms with Crippen molar-refractivity contribution in [2.24, 2.45) is 10.8 Å². The molecule has 160 valence electrons. The van der Waals surface area contributed by atoms with Crippen LogP contribution < -0.4 is 0 Å². The van der Waals surface area contributed by atoms with E-state index in [1.807, 2.05) is 55.4 Å². The van der Waals surface area contributed by atoms with Gasteiger partial charge in [-0.3, -0.25) is 24.1 Å². The minimum absolute atomic E-state index is 0.0400. The lowest BCUT2D eigenvalue weighted by atomic mass is 9.77. The average Bonchev–Trinajstić information content (AvgIpc) is 2.70. The fourth-order valence-electron chi connectivity index (χ4n) is 4.23. The largest absolute Gasteiger partial charge is 0.299 e. The molecular formula is C22H37NO4S. The molecular weight excluding hydrogens is 374 g/mol. The summed E-state index contributed by atoms with van der Waals surface area (Å²) in [5.74, 6) is -0.219. The average molecular weight is 412 g/mol. The zero-order valence-electron chi connectivity index (χ0n) is 19.2. The molecule has 0 spiro atoms. The summed E-state index contributed by atoms with van der Waals surface area (Å²) in [6.45, 7) is 18.4. The fraction of sp³-hybridized carbons (Fsp3) is 0.818. The van der Waals surface area contributed by atoms with E-state index in [2.05, 4.69) is 0 Å². The van der Waals surface area contributed by atoms with Gasteiger partial charge in [0.15, 0.2) is 0 Å². The number of likely N-dealkylation sites (tertiary alicyclic amines) is 1. The van der Waals surface area contributed by atoms with E-state index >= 15 is 0 Å². The predicted molar refractivity (Wildman–Crippen MR) is 114 cm³/mol. The Morgan fingerprint density at radius 3 is 1.75 bits per heavy atom. The molecule has 0 aromatic heterocycles. The van der Waals surface area contributed by atoms with Crippen LogP contribution >= 0.6 is 11.8 Å². The molecule has 0 aliphatic carbocycles. The number of amides is 2. The van der Waals surface area contributed by atoms with Crippen molar-refractivity contribution in [2.45, 2.75) is 104 Å². The highest BCUT2D eigenvalue weighted by molar-refractivity contribution is 8.02. The minimum atomic E-state index is -0.735. The topological polar surface area (TPSA) is 71.5 Å². The maximum Gasteiger partial charge on any atom is 0.243 e. The summed E-state index contributed by atoms with van der Waals surface area (Å²) in [5, 5.41) is -0.454. The minimum Gasteiger partial charge on any atom is -0.299 e. The fourth-order valence-corrected chi connectivity index (χ4v) is 5.88. The Kier molecular flexibility index (Phi) is 7.04. The molecule has 1 saturated heterocycles. The van der Waals surface area contributed by atoms with E-state index < -0.39 is 21.6 Å². The van der Waals surface area contributed by atoms with Gasteiger partial charge < -0.3 is 0 Å². The lowest BCUT2D eigenvalue weighted by Gasteiger charge is -2.39. The molecule has 0 N–H and O–H groups in total. The Hall–Kier alpha value is -1.17. The van der Waals surface area contributed by atoms with E-state index in [1.54, 1.807) is 13.8 Å². The molecule has 6 heteroatoms. The predicted octanol–water partition coefficient (Wildman–Crippen LogP) is 4.41. The third-order valence-corrected chi connectivity index (χ3v) is 7.26. The molecule has 0 aromatic rings. The zero-order chi connectivity index (χ0) is 22.3. The van der Waals surface area contributed by atoms with Crippen molar-refractivity contribution in [3.63, 3.8) is 0 Å². The lowest BCUT2D eigenvalue weighted by Crippen LogP contribution is -2.51. The number of carbonyl (C=O) groups excluding carboxylic acids is 4.